The summed E-state index contributed by atoms with van der Waals surface area (Å²) in [6.45, 7) is 5.88. The van der Waals surface area contributed by atoms with Crippen molar-refractivity contribution in [2.75, 3.05) is 6.61 Å². The Morgan fingerprint density at radius 1 is 0.815 bits per heavy atom. The molecule has 0 N–H and O–H groups in total. The van der Waals surface area contributed by atoms with Gasteiger partial charge in [0.15, 0.2) is 12.0 Å². The average Bonchev–Trinajstić information content (AvgIpc) is 3.12. The maximum absolute atomic E-state index is 10.5. The molecule has 1 heterocycles. The van der Waals surface area contributed by atoms with Crippen molar-refractivity contribution in [3.63, 3.8) is 0 Å². The molecule has 0 amide bonds. The first kappa shape index (κ1) is 23.9. The second kappa shape index (κ2) is 17.0. The van der Waals surface area contributed by atoms with Crippen LogP contribution in [0.4, 0.5) is 0 Å². The molecule has 0 aliphatic carbocycles. The number of furan rings is 1. The van der Waals surface area contributed by atoms with Gasteiger partial charge in [0.1, 0.15) is 12.4 Å². The molecule has 0 fully saturated rings. The Morgan fingerprint density at radius 3 is 1.81 bits per heavy atom. The van der Waals surface area contributed by atoms with E-state index in [4.69, 9.17) is 9.15 Å². The number of hydrogen-bond acceptors (Lipinski definition) is 3. The Labute approximate surface area is 167 Å². The van der Waals surface area contributed by atoms with E-state index in [1.165, 1.54) is 83.5 Å². The number of carbonyl (C=O) groups is 1. The van der Waals surface area contributed by atoms with Gasteiger partial charge in [0.25, 0.3) is 0 Å². The molecule has 0 aromatic carbocycles. The van der Waals surface area contributed by atoms with Crippen molar-refractivity contribution in [3.05, 3.63) is 23.7 Å². The zero-order valence-electron chi connectivity index (χ0n) is 17.8. The molecular formula is C24H42O3. The van der Waals surface area contributed by atoms with E-state index in [9.17, 15) is 4.79 Å². The molecule has 1 aromatic heterocycles. The summed E-state index contributed by atoms with van der Waals surface area (Å²) in [5.41, 5.74) is 0. The maximum Gasteiger partial charge on any atom is 0.185 e. The largest absolute Gasteiger partial charge is 0.456 e. The topological polar surface area (TPSA) is 39.4 Å². The van der Waals surface area contributed by atoms with Crippen LogP contribution in [0.2, 0.25) is 0 Å². The first-order valence-corrected chi connectivity index (χ1v) is 11.3. The van der Waals surface area contributed by atoms with E-state index in [1.807, 2.05) is 0 Å². The Hall–Kier alpha value is -1.09. The number of rotatable bonds is 19. The molecular weight excluding hydrogens is 336 g/mol. The van der Waals surface area contributed by atoms with Crippen molar-refractivity contribution >= 4 is 6.29 Å². The smallest absolute Gasteiger partial charge is 0.185 e. The molecule has 0 unspecified atom stereocenters. The first-order valence-electron chi connectivity index (χ1n) is 11.3. The molecule has 0 bridgehead atoms. The van der Waals surface area contributed by atoms with Crippen LogP contribution in [0.5, 0.6) is 0 Å². The van der Waals surface area contributed by atoms with Gasteiger partial charge in [-0.2, -0.15) is 0 Å². The van der Waals surface area contributed by atoms with Gasteiger partial charge in [-0.15, -0.1) is 0 Å². The maximum atomic E-state index is 10.5. The molecule has 0 saturated heterocycles. The second-order valence-electron chi connectivity index (χ2n) is 8.25. The highest BCUT2D eigenvalue weighted by Crippen LogP contribution is 2.14. The van der Waals surface area contributed by atoms with Crippen LogP contribution >= 0.6 is 0 Å². The molecule has 0 saturated carbocycles. The molecule has 0 radical (unpaired) electrons. The molecule has 1 rings (SSSR count). The lowest BCUT2D eigenvalue weighted by Crippen LogP contribution is -1.94. The quantitative estimate of drug-likeness (QED) is 0.183. The van der Waals surface area contributed by atoms with Gasteiger partial charge < -0.3 is 9.15 Å². The summed E-state index contributed by atoms with van der Waals surface area (Å²) in [7, 11) is 0. The van der Waals surface area contributed by atoms with Gasteiger partial charge in [-0.3, -0.25) is 4.79 Å². The molecule has 156 valence electrons. The third-order valence-electron chi connectivity index (χ3n) is 5.11. The van der Waals surface area contributed by atoms with E-state index in [0.717, 1.165) is 31.0 Å². The van der Waals surface area contributed by atoms with Crippen LogP contribution < -0.4 is 0 Å². The van der Waals surface area contributed by atoms with Crippen LogP contribution in [0, 0.1) is 5.92 Å². The Kier molecular flexibility index (Phi) is 15.1. The van der Waals surface area contributed by atoms with E-state index in [-0.39, 0.29) is 0 Å². The summed E-state index contributed by atoms with van der Waals surface area (Å²) >= 11 is 0. The van der Waals surface area contributed by atoms with Crippen LogP contribution in [0.25, 0.3) is 0 Å². The first-order chi connectivity index (χ1) is 13.2. The Bertz CT molecular complexity index is 450. The van der Waals surface area contributed by atoms with Crippen molar-refractivity contribution in [1.82, 2.24) is 0 Å². The van der Waals surface area contributed by atoms with E-state index >= 15 is 0 Å². The molecule has 0 spiro atoms. The lowest BCUT2D eigenvalue weighted by molar-refractivity contribution is 0.0986. The molecule has 3 heteroatoms. The highest BCUT2D eigenvalue weighted by molar-refractivity contribution is 5.70. The molecule has 0 aliphatic rings. The van der Waals surface area contributed by atoms with E-state index < -0.39 is 0 Å². The summed E-state index contributed by atoms with van der Waals surface area (Å²) in [6.07, 6.45) is 19.9. The molecule has 0 aliphatic heterocycles. The minimum atomic E-state index is 0.371. The number of hydrogen-bond donors (Lipinski definition) is 0. The highest BCUT2D eigenvalue weighted by atomic mass is 16.5. The minimum absolute atomic E-state index is 0.371. The average molecular weight is 379 g/mol. The Balaban J connectivity index is 1.72. The lowest BCUT2D eigenvalue weighted by Gasteiger charge is -2.05. The zero-order valence-corrected chi connectivity index (χ0v) is 17.8. The van der Waals surface area contributed by atoms with Gasteiger partial charge in [0.2, 0.25) is 0 Å². The molecule has 27 heavy (non-hydrogen) atoms. The standard InChI is InChI=1S/C24H42O3/c1-22(2)16-14-12-10-8-6-4-3-5-7-9-11-13-15-19-26-21-24-18-17-23(20-25)27-24/h17-18,20,22H,3-16,19,21H2,1-2H3. The van der Waals surface area contributed by atoms with Gasteiger partial charge in [-0.1, -0.05) is 97.3 Å². The van der Waals surface area contributed by atoms with E-state index in [2.05, 4.69) is 13.8 Å². The predicted octanol–water partition coefficient (Wildman–Crippen LogP) is 7.73. The summed E-state index contributed by atoms with van der Waals surface area (Å²) in [4.78, 5) is 10.5. The Morgan fingerprint density at radius 2 is 1.33 bits per heavy atom. The highest BCUT2D eigenvalue weighted by Gasteiger charge is 2.01. The van der Waals surface area contributed by atoms with E-state index in [0.29, 0.717) is 12.4 Å². The van der Waals surface area contributed by atoms with Crippen LogP contribution in [-0.4, -0.2) is 12.9 Å². The van der Waals surface area contributed by atoms with Gasteiger partial charge in [0.05, 0.1) is 0 Å². The fourth-order valence-corrected chi connectivity index (χ4v) is 3.41. The molecule has 3 nitrogen and oxygen atoms in total. The normalized spacial score (nSPS) is 11.4. The summed E-state index contributed by atoms with van der Waals surface area (Å²) in [5.74, 6) is 1.97. The number of aldehydes is 1. The lowest BCUT2D eigenvalue weighted by atomic mass is 10.0. The van der Waals surface area contributed by atoms with Crippen LogP contribution in [0.1, 0.15) is 120 Å². The summed E-state index contributed by atoms with van der Waals surface area (Å²) < 4.78 is 10.9. The predicted molar refractivity (Wildman–Crippen MR) is 113 cm³/mol. The van der Waals surface area contributed by atoms with Crippen LogP contribution in [-0.2, 0) is 11.3 Å². The van der Waals surface area contributed by atoms with Gasteiger partial charge in [-0.25, -0.2) is 0 Å². The third kappa shape index (κ3) is 14.6. The van der Waals surface area contributed by atoms with Gasteiger partial charge >= 0.3 is 0 Å². The number of unbranched alkanes of at least 4 members (excludes halogenated alkanes) is 12. The zero-order chi connectivity index (χ0) is 19.6. The van der Waals surface area contributed by atoms with Gasteiger partial charge in [0, 0.05) is 6.61 Å². The third-order valence-corrected chi connectivity index (χ3v) is 5.11. The minimum Gasteiger partial charge on any atom is -0.456 e. The monoisotopic (exact) mass is 378 g/mol. The van der Waals surface area contributed by atoms with Crippen molar-refractivity contribution in [2.24, 2.45) is 5.92 Å². The van der Waals surface area contributed by atoms with Crippen molar-refractivity contribution in [1.29, 1.82) is 0 Å². The molecule has 0 atom stereocenters. The molecule has 1 aromatic rings. The summed E-state index contributed by atoms with van der Waals surface area (Å²) in [6, 6.07) is 3.48. The van der Waals surface area contributed by atoms with E-state index in [1.54, 1.807) is 12.1 Å². The SMILES string of the molecule is CC(C)CCCCCCCCCCCCCCCOCc1ccc(C=O)o1. The fraction of sp³-hybridized carbons (Fsp3) is 0.792. The fourth-order valence-electron chi connectivity index (χ4n) is 3.41. The van der Waals surface area contributed by atoms with Crippen molar-refractivity contribution in [2.45, 2.75) is 110 Å². The second-order valence-corrected chi connectivity index (χ2v) is 8.25. The van der Waals surface area contributed by atoms with Gasteiger partial charge in [-0.05, 0) is 24.5 Å². The summed E-state index contributed by atoms with van der Waals surface area (Å²) in [5, 5.41) is 0. The van der Waals surface area contributed by atoms with Crippen molar-refractivity contribution < 1.29 is 13.9 Å². The van der Waals surface area contributed by atoms with Crippen LogP contribution in [0.15, 0.2) is 16.5 Å². The van der Waals surface area contributed by atoms with Crippen LogP contribution in [0.3, 0.4) is 0 Å². The van der Waals surface area contributed by atoms with Crippen molar-refractivity contribution in [3.8, 4) is 0 Å². The number of carbonyl (C=O) groups excluding carboxylic acids is 1. The number of ether oxygens (including phenoxy) is 1.